The van der Waals surface area contributed by atoms with Crippen LogP contribution in [0.3, 0.4) is 0 Å². The molecule has 3 aliphatic heterocycles. The van der Waals surface area contributed by atoms with Crippen molar-refractivity contribution in [3.05, 3.63) is 64.7 Å². The van der Waals surface area contributed by atoms with Crippen LogP contribution in [0.15, 0.2) is 48.5 Å². The molecule has 2 N–H and O–H groups in total. The van der Waals surface area contributed by atoms with Crippen molar-refractivity contribution in [3.63, 3.8) is 0 Å². The summed E-state index contributed by atoms with van der Waals surface area (Å²) in [6.07, 6.45) is 2.85. The van der Waals surface area contributed by atoms with Crippen LogP contribution in [-0.2, 0) is 31.4 Å². The number of piperazine rings is 1. The van der Waals surface area contributed by atoms with Crippen molar-refractivity contribution in [2.45, 2.75) is 43.2 Å². The zero-order chi connectivity index (χ0) is 28.7. The number of piperidine rings is 1. The van der Waals surface area contributed by atoms with E-state index in [0.717, 1.165) is 23.4 Å². The normalized spacial score (nSPS) is 22.6. The quantitative estimate of drug-likeness (QED) is 0.536. The lowest BCUT2D eigenvalue weighted by molar-refractivity contribution is -0.143. The number of rotatable bonds is 6. The molecule has 11 heteroatoms. The largest absolute Gasteiger partial charge is 0.341 e. The number of likely N-dealkylation sites (tertiary alicyclic amines) is 1. The van der Waals surface area contributed by atoms with Gasteiger partial charge in [-0.1, -0.05) is 41.9 Å². The number of benzene rings is 2. The second-order valence-corrected chi connectivity index (χ2v) is 14.1. The first-order chi connectivity index (χ1) is 18.9. The van der Waals surface area contributed by atoms with Crippen molar-refractivity contribution in [3.8, 4) is 0 Å². The lowest BCUT2D eigenvalue weighted by Gasteiger charge is -2.43. The SMILES string of the molecule is CN1CCN[C@@H](C(=O)N[C@](C)(Cc2ccc(Cl)cc2)C(=O)N2CCC3(CC2)CN(S(C)(=O)=O)c2ccccc23)C1. The van der Waals surface area contributed by atoms with Crippen LogP contribution in [0, 0.1) is 0 Å². The molecule has 0 aromatic heterocycles. The fourth-order valence-corrected chi connectivity index (χ4v) is 7.53. The van der Waals surface area contributed by atoms with Crippen LogP contribution in [0.25, 0.3) is 0 Å². The number of nitrogens with one attached hydrogen (secondary N) is 2. The number of carbonyl (C=O) groups excluding carboxylic acids is 2. The van der Waals surface area contributed by atoms with E-state index in [-0.39, 0.29) is 17.2 Å². The van der Waals surface area contributed by atoms with Crippen LogP contribution in [0.2, 0.25) is 5.02 Å². The van der Waals surface area contributed by atoms with Crippen molar-refractivity contribution < 1.29 is 18.0 Å². The molecule has 2 aromatic carbocycles. The summed E-state index contributed by atoms with van der Waals surface area (Å²) in [5.41, 5.74) is 1.14. The van der Waals surface area contributed by atoms with Gasteiger partial charge in [-0.2, -0.15) is 0 Å². The molecule has 2 aromatic rings. The van der Waals surface area contributed by atoms with E-state index < -0.39 is 21.6 Å². The number of hydrogen-bond donors (Lipinski definition) is 2. The van der Waals surface area contributed by atoms with Crippen LogP contribution < -0.4 is 14.9 Å². The Morgan fingerprint density at radius 2 is 1.77 bits per heavy atom. The van der Waals surface area contributed by atoms with E-state index in [1.807, 2.05) is 48.3 Å². The molecule has 2 fully saturated rings. The van der Waals surface area contributed by atoms with Crippen molar-refractivity contribution in [1.82, 2.24) is 20.4 Å². The van der Waals surface area contributed by atoms with Crippen LogP contribution in [-0.4, -0.2) is 94.2 Å². The molecule has 0 saturated carbocycles. The average molecular weight is 588 g/mol. The van der Waals surface area contributed by atoms with Gasteiger partial charge in [0.15, 0.2) is 0 Å². The molecule has 2 saturated heterocycles. The molecule has 40 heavy (non-hydrogen) atoms. The van der Waals surface area contributed by atoms with E-state index in [9.17, 15) is 18.0 Å². The number of amides is 2. The second kappa shape index (κ2) is 11.0. The average Bonchev–Trinajstić information content (AvgIpc) is 3.24. The minimum atomic E-state index is -3.42. The third kappa shape index (κ3) is 5.72. The van der Waals surface area contributed by atoms with Crippen molar-refractivity contribution in [1.29, 1.82) is 0 Å². The van der Waals surface area contributed by atoms with Gasteiger partial charge in [-0.25, -0.2) is 8.42 Å². The monoisotopic (exact) mass is 587 g/mol. The molecule has 2 amide bonds. The Morgan fingerprint density at radius 3 is 2.42 bits per heavy atom. The number of para-hydroxylation sites is 1. The molecule has 0 radical (unpaired) electrons. The molecular weight excluding hydrogens is 550 g/mol. The summed E-state index contributed by atoms with van der Waals surface area (Å²) in [4.78, 5) is 31.5. The number of hydrogen-bond acceptors (Lipinski definition) is 6. The van der Waals surface area contributed by atoms with Crippen molar-refractivity contribution in [2.75, 3.05) is 56.9 Å². The lowest BCUT2D eigenvalue weighted by atomic mass is 9.74. The molecular formula is C29H38ClN5O4S. The summed E-state index contributed by atoms with van der Waals surface area (Å²) in [5.74, 6) is -0.334. The summed E-state index contributed by atoms with van der Waals surface area (Å²) in [6.45, 7) is 5.26. The topological polar surface area (TPSA) is 102 Å². The minimum absolute atomic E-state index is 0.138. The van der Waals surface area contributed by atoms with Gasteiger partial charge in [0.1, 0.15) is 5.54 Å². The van der Waals surface area contributed by atoms with Crippen molar-refractivity contribution in [2.24, 2.45) is 0 Å². The van der Waals surface area contributed by atoms with E-state index in [2.05, 4.69) is 15.5 Å². The Hall–Kier alpha value is -2.66. The summed E-state index contributed by atoms with van der Waals surface area (Å²) >= 11 is 6.10. The number of anilines is 1. The van der Waals surface area contributed by atoms with Gasteiger partial charge in [0.05, 0.1) is 18.0 Å². The van der Waals surface area contributed by atoms with Gasteiger partial charge in [0.25, 0.3) is 0 Å². The van der Waals surface area contributed by atoms with Crippen LogP contribution >= 0.6 is 11.6 Å². The third-order valence-electron chi connectivity index (χ3n) is 8.64. The van der Waals surface area contributed by atoms with Gasteiger partial charge in [0, 0.05) is 56.1 Å². The highest BCUT2D eigenvalue weighted by Crippen LogP contribution is 2.48. The Labute approximate surface area is 241 Å². The highest BCUT2D eigenvalue weighted by molar-refractivity contribution is 7.92. The Balaban J connectivity index is 1.36. The first kappa shape index (κ1) is 28.9. The number of halogens is 1. The van der Waals surface area contributed by atoms with Gasteiger partial charge in [0.2, 0.25) is 21.8 Å². The number of sulfonamides is 1. The fourth-order valence-electron chi connectivity index (χ4n) is 6.41. The summed E-state index contributed by atoms with van der Waals surface area (Å²) in [6, 6.07) is 14.6. The van der Waals surface area contributed by atoms with Crippen molar-refractivity contribution >= 4 is 39.1 Å². The molecule has 3 aliphatic rings. The maximum Gasteiger partial charge on any atom is 0.248 e. The van der Waals surface area contributed by atoms with Gasteiger partial charge in [-0.05, 0) is 56.1 Å². The lowest BCUT2D eigenvalue weighted by Crippen LogP contribution is -2.65. The standard InChI is InChI=1S/C29H38ClN5O4S/c1-28(18-21-8-10-22(30)11-9-21,32-26(36)24-19-33(2)17-14-31-24)27(37)34-15-12-29(13-16-34)20-35(40(3,38)39)25-7-5-4-6-23(25)29/h4-11,24,31H,12-20H2,1-3H3,(H,32,36)/t24-,28-/m1/s1. The highest BCUT2D eigenvalue weighted by atomic mass is 35.5. The predicted molar refractivity (Wildman–Crippen MR) is 157 cm³/mol. The van der Waals surface area contributed by atoms with Gasteiger partial charge in [-0.15, -0.1) is 0 Å². The molecule has 5 rings (SSSR count). The molecule has 216 valence electrons. The Morgan fingerprint density at radius 1 is 1.10 bits per heavy atom. The van der Waals surface area contributed by atoms with E-state index >= 15 is 0 Å². The van der Waals surface area contributed by atoms with E-state index in [4.69, 9.17) is 11.6 Å². The Bertz CT molecular complexity index is 1380. The van der Waals surface area contributed by atoms with Gasteiger partial charge >= 0.3 is 0 Å². The molecule has 0 bridgehead atoms. The molecule has 0 aliphatic carbocycles. The van der Waals surface area contributed by atoms with Crippen LogP contribution in [0.5, 0.6) is 0 Å². The smallest absolute Gasteiger partial charge is 0.248 e. The Kier molecular flexibility index (Phi) is 7.91. The van der Waals surface area contributed by atoms with E-state index in [1.54, 1.807) is 19.1 Å². The molecule has 9 nitrogen and oxygen atoms in total. The first-order valence-corrected chi connectivity index (χ1v) is 16.0. The van der Waals surface area contributed by atoms with Crippen LogP contribution in [0.1, 0.15) is 30.9 Å². The number of fused-ring (bicyclic) bond motifs is 2. The predicted octanol–water partition coefficient (Wildman–Crippen LogP) is 2.00. The molecule has 3 heterocycles. The first-order valence-electron chi connectivity index (χ1n) is 13.8. The van der Waals surface area contributed by atoms with Gasteiger partial charge in [-0.3, -0.25) is 13.9 Å². The third-order valence-corrected chi connectivity index (χ3v) is 10.0. The molecule has 0 unspecified atom stereocenters. The molecule has 2 atom stereocenters. The molecule has 1 spiro atoms. The van der Waals surface area contributed by atoms with E-state index in [1.165, 1.54) is 10.6 Å². The highest BCUT2D eigenvalue weighted by Gasteiger charge is 2.49. The number of nitrogens with zero attached hydrogens (tertiary/aromatic N) is 3. The zero-order valence-corrected chi connectivity index (χ0v) is 24.9. The van der Waals surface area contributed by atoms with Gasteiger partial charge < -0.3 is 20.4 Å². The maximum absolute atomic E-state index is 14.2. The summed E-state index contributed by atoms with van der Waals surface area (Å²) < 4.78 is 26.7. The van der Waals surface area contributed by atoms with E-state index in [0.29, 0.717) is 57.0 Å². The number of carbonyl (C=O) groups is 2. The maximum atomic E-state index is 14.2. The summed E-state index contributed by atoms with van der Waals surface area (Å²) in [5, 5.41) is 6.99. The number of likely N-dealkylation sites (N-methyl/N-ethyl adjacent to an activating group) is 1. The summed E-state index contributed by atoms with van der Waals surface area (Å²) in [7, 11) is -1.44. The van der Waals surface area contributed by atoms with Crippen LogP contribution in [0.4, 0.5) is 5.69 Å². The second-order valence-electron chi connectivity index (χ2n) is 11.8. The minimum Gasteiger partial charge on any atom is -0.341 e. The zero-order valence-electron chi connectivity index (χ0n) is 23.3. The fraction of sp³-hybridized carbons (Fsp3) is 0.517.